The number of aromatic nitrogens is 1. The number of amides is 2. The van der Waals surface area contributed by atoms with Crippen LogP contribution < -0.4 is 14.8 Å². The summed E-state index contributed by atoms with van der Waals surface area (Å²) in [4.78, 5) is 33.6. The summed E-state index contributed by atoms with van der Waals surface area (Å²) >= 11 is 7.53. The fourth-order valence-corrected chi connectivity index (χ4v) is 5.02. The lowest BCUT2D eigenvalue weighted by atomic mass is 10.1. The van der Waals surface area contributed by atoms with Gasteiger partial charge >= 0.3 is 0 Å². The van der Waals surface area contributed by atoms with E-state index in [9.17, 15) is 9.59 Å². The van der Waals surface area contributed by atoms with E-state index < -0.39 is 0 Å². The van der Waals surface area contributed by atoms with Gasteiger partial charge in [0, 0.05) is 24.2 Å². The molecule has 1 aliphatic heterocycles. The summed E-state index contributed by atoms with van der Waals surface area (Å²) in [5, 5.41) is 4.40. The molecule has 7 nitrogen and oxygen atoms in total. The van der Waals surface area contributed by atoms with Crippen molar-refractivity contribution >= 4 is 34.8 Å². The van der Waals surface area contributed by atoms with E-state index in [1.807, 2.05) is 36.1 Å². The van der Waals surface area contributed by atoms with Gasteiger partial charge in [0.15, 0.2) is 11.5 Å². The van der Waals surface area contributed by atoms with Crippen molar-refractivity contribution in [1.29, 1.82) is 0 Å². The molecule has 1 saturated carbocycles. The highest BCUT2D eigenvalue weighted by molar-refractivity contribution is 7.15. The predicted molar refractivity (Wildman–Crippen MR) is 131 cm³/mol. The van der Waals surface area contributed by atoms with Crippen molar-refractivity contribution < 1.29 is 19.1 Å². The van der Waals surface area contributed by atoms with Crippen LogP contribution in [0.25, 0.3) is 10.4 Å². The van der Waals surface area contributed by atoms with Crippen LogP contribution in [0, 0.1) is 6.92 Å². The van der Waals surface area contributed by atoms with E-state index >= 15 is 0 Å². The number of halogens is 1. The molecule has 0 saturated heterocycles. The molecule has 1 fully saturated rings. The van der Waals surface area contributed by atoms with Gasteiger partial charge in [-0.1, -0.05) is 29.8 Å². The molecule has 0 radical (unpaired) electrons. The van der Waals surface area contributed by atoms with Crippen molar-refractivity contribution in [2.24, 2.45) is 0 Å². The summed E-state index contributed by atoms with van der Waals surface area (Å²) in [7, 11) is 0. The molecule has 1 aliphatic carbocycles. The lowest BCUT2D eigenvalue weighted by Gasteiger charge is -2.23. The highest BCUT2D eigenvalue weighted by Crippen LogP contribution is 2.35. The lowest BCUT2D eigenvalue weighted by molar-refractivity contribution is 0.0731. The summed E-state index contributed by atoms with van der Waals surface area (Å²) in [6.07, 6.45) is 1.91. The van der Waals surface area contributed by atoms with E-state index in [-0.39, 0.29) is 17.9 Å². The Kier molecular flexibility index (Phi) is 6.43. The van der Waals surface area contributed by atoms with Gasteiger partial charge in [0.1, 0.15) is 18.9 Å². The van der Waals surface area contributed by atoms with Crippen LogP contribution in [0.15, 0.2) is 42.5 Å². The van der Waals surface area contributed by atoms with E-state index in [1.165, 1.54) is 11.3 Å². The summed E-state index contributed by atoms with van der Waals surface area (Å²) in [5.74, 6) is 0.672. The predicted octanol–water partition coefficient (Wildman–Crippen LogP) is 4.58. The minimum absolute atomic E-state index is 0.111. The van der Waals surface area contributed by atoms with Crippen LogP contribution in [0.1, 0.15) is 38.7 Å². The minimum atomic E-state index is -0.253. The molecular weight excluding hydrogens is 474 g/mol. The van der Waals surface area contributed by atoms with Gasteiger partial charge in [0.25, 0.3) is 11.8 Å². The van der Waals surface area contributed by atoms with Crippen molar-refractivity contribution in [3.05, 3.63) is 63.8 Å². The molecule has 1 N–H and O–H groups in total. The standard InChI is InChI=1S/C25H24ClN3O4S/c1-15-28-21(23(34-15)16-5-7-17(26)8-6-16)25(31)29(18-9-10-18)12-11-27-24(30)19-3-2-4-20-22(19)33-14-13-32-20/h2-8,18H,9-14H2,1H3,(H,27,30). The molecule has 3 aromatic rings. The fourth-order valence-electron chi connectivity index (χ4n) is 3.98. The molecule has 176 valence electrons. The van der Waals surface area contributed by atoms with Gasteiger partial charge in [-0.15, -0.1) is 11.3 Å². The van der Waals surface area contributed by atoms with Gasteiger partial charge < -0.3 is 19.7 Å². The monoisotopic (exact) mass is 497 g/mol. The number of thiazole rings is 1. The van der Waals surface area contributed by atoms with Gasteiger partial charge in [-0.3, -0.25) is 9.59 Å². The number of hydrogen-bond donors (Lipinski definition) is 1. The maximum absolute atomic E-state index is 13.5. The normalized spacial score (nSPS) is 14.5. The number of para-hydroxylation sites is 1. The Hall–Kier alpha value is -3.10. The van der Waals surface area contributed by atoms with Crippen molar-refractivity contribution in [3.63, 3.8) is 0 Å². The highest BCUT2D eigenvalue weighted by Gasteiger charge is 2.35. The molecule has 0 bridgehead atoms. The first-order valence-corrected chi connectivity index (χ1v) is 12.4. The number of nitrogens with one attached hydrogen (secondary N) is 1. The highest BCUT2D eigenvalue weighted by atomic mass is 35.5. The number of benzene rings is 2. The largest absolute Gasteiger partial charge is 0.486 e. The number of nitrogens with zero attached hydrogens (tertiary/aromatic N) is 2. The number of rotatable bonds is 7. The Balaban J connectivity index is 1.29. The average molecular weight is 498 g/mol. The van der Waals surface area contributed by atoms with E-state index in [2.05, 4.69) is 10.3 Å². The third kappa shape index (κ3) is 4.74. The van der Waals surface area contributed by atoms with E-state index in [0.717, 1.165) is 28.3 Å². The van der Waals surface area contributed by atoms with Crippen LogP contribution in [0.4, 0.5) is 0 Å². The third-order valence-corrected chi connectivity index (χ3v) is 7.01. The van der Waals surface area contributed by atoms with Gasteiger partial charge in [0.05, 0.1) is 15.4 Å². The first-order chi connectivity index (χ1) is 16.5. The van der Waals surface area contributed by atoms with Crippen LogP contribution in [-0.4, -0.2) is 54.0 Å². The second-order valence-corrected chi connectivity index (χ2v) is 9.87. The van der Waals surface area contributed by atoms with Crippen molar-refractivity contribution in [2.75, 3.05) is 26.3 Å². The van der Waals surface area contributed by atoms with Crippen LogP contribution in [0.5, 0.6) is 11.5 Å². The quantitative estimate of drug-likeness (QED) is 0.517. The van der Waals surface area contributed by atoms with Crippen LogP contribution >= 0.6 is 22.9 Å². The Bertz CT molecular complexity index is 1220. The number of carbonyl (C=O) groups is 2. The summed E-state index contributed by atoms with van der Waals surface area (Å²) in [5.41, 5.74) is 1.80. The molecular formula is C25H24ClN3O4S. The molecule has 2 heterocycles. The molecule has 1 aromatic heterocycles. The lowest BCUT2D eigenvalue weighted by Crippen LogP contribution is -2.40. The topological polar surface area (TPSA) is 80.8 Å². The van der Waals surface area contributed by atoms with E-state index in [1.54, 1.807) is 18.2 Å². The summed E-state index contributed by atoms with van der Waals surface area (Å²) in [6, 6.07) is 12.9. The molecule has 34 heavy (non-hydrogen) atoms. The second kappa shape index (κ2) is 9.64. The van der Waals surface area contributed by atoms with Gasteiger partial charge in [-0.25, -0.2) is 4.98 Å². The first kappa shape index (κ1) is 22.7. The Morgan fingerprint density at radius 3 is 2.68 bits per heavy atom. The van der Waals surface area contributed by atoms with Crippen LogP contribution in [0.3, 0.4) is 0 Å². The van der Waals surface area contributed by atoms with Crippen molar-refractivity contribution in [3.8, 4) is 21.9 Å². The molecule has 2 aliphatic rings. The van der Waals surface area contributed by atoms with E-state index in [0.29, 0.717) is 54.1 Å². The van der Waals surface area contributed by atoms with E-state index in [4.69, 9.17) is 21.1 Å². The fraction of sp³-hybridized carbons (Fsp3) is 0.320. The molecule has 0 atom stereocenters. The number of aryl methyl sites for hydroxylation is 1. The Morgan fingerprint density at radius 2 is 1.91 bits per heavy atom. The van der Waals surface area contributed by atoms with Gasteiger partial charge in [0.2, 0.25) is 0 Å². The first-order valence-electron chi connectivity index (χ1n) is 11.2. The van der Waals surface area contributed by atoms with Crippen LogP contribution in [0.2, 0.25) is 5.02 Å². The van der Waals surface area contributed by atoms with Crippen LogP contribution in [-0.2, 0) is 0 Å². The van der Waals surface area contributed by atoms with Gasteiger partial charge in [-0.05, 0) is 49.6 Å². The zero-order chi connectivity index (χ0) is 23.7. The second-order valence-electron chi connectivity index (χ2n) is 8.23. The zero-order valence-corrected chi connectivity index (χ0v) is 20.2. The number of ether oxygens (including phenoxy) is 2. The maximum atomic E-state index is 13.5. The van der Waals surface area contributed by atoms with Crippen molar-refractivity contribution in [1.82, 2.24) is 15.2 Å². The number of hydrogen-bond acceptors (Lipinski definition) is 6. The minimum Gasteiger partial charge on any atom is -0.486 e. The third-order valence-electron chi connectivity index (χ3n) is 5.74. The number of fused-ring (bicyclic) bond motifs is 1. The molecule has 0 spiro atoms. The average Bonchev–Trinajstić information content (AvgIpc) is 3.62. The molecule has 2 aromatic carbocycles. The molecule has 9 heteroatoms. The molecule has 0 unspecified atom stereocenters. The summed E-state index contributed by atoms with van der Waals surface area (Å²) in [6.45, 7) is 3.49. The summed E-state index contributed by atoms with van der Waals surface area (Å²) < 4.78 is 11.2. The zero-order valence-electron chi connectivity index (χ0n) is 18.7. The SMILES string of the molecule is Cc1nc(C(=O)N(CCNC(=O)c2cccc3c2OCCO3)C2CC2)c(-c2ccc(Cl)cc2)s1. The Labute approximate surface area is 206 Å². The Morgan fingerprint density at radius 1 is 1.15 bits per heavy atom. The molecule has 5 rings (SSSR count). The maximum Gasteiger partial charge on any atom is 0.274 e. The van der Waals surface area contributed by atoms with Gasteiger partial charge in [-0.2, -0.15) is 0 Å². The molecule has 2 amide bonds. The number of carbonyl (C=O) groups excluding carboxylic acids is 2. The smallest absolute Gasteiger partial charge is 0.274 e. The van der Waals surface area contributed by atoms with Crippen molar-refractivity contribution in [2.45, 2.75) is 25.8 Å².